The van der Waals surface area contributed by atoms with Crippen molar-refractivity contribution in [1.29, 1.82) is 0 Å². The van der Waals surface area contributed by atoms with Crippen LogP contribution in [0.5, 0.6) is 0 Å². The number of amides is 1. The van der Waals surface area contributed by atoms with Gasteiger partial charge in [0.15, 0.2) is 5.16 Å². The molecular formula is C16H17F2N3O2S2. The van der Waals surface area contributed by atoms with Crippen LogP contribution in [0.2, 0.25) is 0 Å². The third kappa shape index (κ3) is 6.17. The van der Waals surface area contributed by atoms with Crippen molar-refractivity contribution in [3.05, 3.63) is 51.9 Å². The first-order chi connectivity index (χ1) is 12.0. The van der Waals surface area contributed by atoms with Gasteiger partial charge in [0.2, 0.25) is 5.91 Å². The summed E-state index contributed by atoms with van der Waals surface area (Å²) in [4.78, 5) is 30.3. The van der Waals surface area contributed by atoms with Crippen LogP contribution in [0.1, 0.15) is 19.0 Å². The number of aromatic nitrogens is 2. The fraction of sp³-hybridized carbons (Fsp3) is 0.312. The van der Waals surface area contributed by atoms with Gasteiger partial charge < -0.3 is 10.3 Å². The number of carbonyl (C=O) groups excluding carboxylic acids is 1. The van der Waals surface area contributed by atoms with Gasteiger partial charge in [-0.15, -0.1) is 0 Å². The first-order valence-corrected chi connectivity index (χ1v) is 9.68. The van der Waals surface area contributed by atoms with Gasteiger partial charge in [-0.2, -0.15) is 11.8 Å². The molecule has 0 aliphatic rings. The Morgan fingerprint density at radius 3 is 2.72 bits per heavy atom. The van der Waals surface area contributed by atoms with E-state index in [0.29, 0.717) is 16.6 Å². The quantitative estimate of drug-likeness (QED) is 0.414. The summed E-state index contributed by atoms with van der Waals surface area (Å²) in [6, 6.07) is 4.75. The van der Waals surface area contributed by atoms with E-state index >= 15 is 0 Å². The van der Waals surface area contributed by atoms with E-state index in [9.17, 15) is 18.4 Å². The van der Waals surface area contributed by atoms with Gasteiger partial charge in [-0.1, -0.05) is 24.8 Å². The number of rotatable bonds is 8. The number of benzene rings is 1. The Hall–Kier alpha value is -1.87. The molecule has 2 N–H and O–H groups in total. The third-order valence-corrected chi connectivity index (χ3v) is 5.01. The first kappa shape index (κ1) is 19.5. The van der Waals surface area contributed by atoms with Crippen LogP contribution >= 0.6 is 23.5 Å². The molecule has 1 aromatic carbocycles. The number of nitrogens with one attached hydrogen (secondary N) is 2. The number of carbonyl (C=O) groups is 1. The molecule has 0 saturated heterocycles. The topological polar surface area (TPSA) is 74.8 Å². The minimum absolute atomic E-state index is 0.137. The maximum absolute atomic E-state index is 13.5. The zero-order valence-corrected chi connectivity index (χ0v) is 15.1. The van der Waals surface area contributed by atoms with Crippen LogP contribution in [0.3, 0.4) is 0 Å². The summed E-state index contributed by atoms with van der Waals surface area (Å²) in [6.07, 6.45) is 1.03. The number of anilines is 1. The summed E-state index contributed by atoms with van der Waals surface area (Å²) >= 11 is 2.66. The number of hydrogen-bond acceptors (Lipinski definition) is 5. The van der Waals surface area contributed by atoms with Crippen molar-refractivity contribution in [2.24, 2.45) is 0 Å². The molecule has 0 spiro atoms. The summed E-state index contributed by atoms with van der Waals surface area (Å²) in [6.45, 7) is 2.07. The number of para-hydroxylation sites is 1. The zero-order valence-electron chi connectivity index (χ0n) is 13.5. The normalized spacial score (nSPS) is 10.7. The van der Waals surface area contributed by atoms with Gasteiger partial charge in [0.1, 0.15) is 17.3 Å². The average molecular weight is 385 g/mol. The molecule has 0 saturated carbocycles. The van der Waals surface area contributed by atoms with Crippen molar-refractivity contribution < 1.29 is 13.6 Å². The third-order valence-electron chi connectivity index (χ3n) is 2.94. The fourth-order valence-corrected chi connectivity index (χ4v) is 3.36. The second-order valence-electron chi connectivity index (χ2n) is 5.03. The highest BCUT2D eigenvalue weighted by molar-refractivity contribution is 7.99. The Morgan fingerprint density at radius 2 is 2.04 bits per heavy atom. The molecule has 1 heterocycles. The van der Waals surface area contributed by atoms with Gasteiger partial charge in [-0.3, -0.25) is 9.59 Å². The second kappa shape index (κ2) is 9.57. The molecule has 5 nitrogen and oxygen atoms in total. The fourth-order valence-electron chi connectivity index (χ4n) is 1.87. The lowest BCUT2D eigenvalue weighted by Gasteiger charge is -2.07. The van der Waals surface area contributed by atoms with E-state index in [4.69, 9.17) is 0 Å². The van der Waals surface area contributed by atoms with Gasteiger partial charge in [-0.25, -0.2) is 13.8 Å². The molecule has 0 fully saturated rings. The van der Waals surface area contributed by atoms with Crippen LogP contribution in [0.4, 0.5) is 14.5 Å². The average Bonchev–Trinajstić information content (AvgIpc) is 2.56. The molecule has 0 atom stereocenters. The number of aromatic amines is 1. The maximum Gasteiger partial charge on any atom is 0.251 e. The van der Waals surface area contributed by atoms with Crippen molar-refractivity contribution in [3.8, 4) is 0 Å². The molecule has 25 heavy (non-hydrogen) atoms. The highest BCUT2D eigenvalue weighted by Gasteiger charge is 2.13. The molecule has 1 amide bonds. The van der Waals surface area contributed by atoms with Gasteiger partial charge in [0.05, 0.1) is 11.4 Å². The van der Waals surface area contributed by atoms with Crippen LogP contribution < -0.4 is 10.9 Å². The van der Waals surface area contributed by atoms with Crippen LogP contribution in [-0.2, 0) is 10.5 Å². The highest BCUT2D eigenvalue weighted by atomic mass is 32.2. The van der Waals surface area contributed by atoms with Gasteiger partial charge in [0.25, 0.3) is 5.56 Å². The first-order valence-electron chi connectivity index (χ1n) is 7.54. The Labute approximate surface area is 152 Å². The summed E-state index contributed by atoms with van der Waals surface area (Å²) in [5.41, 5.74) is -0.158. The van der Waals surface area contributed by atoms with E-state index in [1.807, 2.05) is 0 Å². The molecule has 2 aromatic rings. The number of nitrogens with zero attached hydrogens (tertiary/aromatic N) is 1. The molecular weight excluding hydrogens is 368 g/mol. The lowest BCUT2D eigenvalue weighted by Crippen LogP contribution is -2.17. The SMILES string of the molecule is CCCSCc1cc(=O)[nH]c(SCC(=O)Nc2c(F)cccc2F)n1. The van der Waals surface area contributed by atoms with E-state index < -0.39 is 23.2 Å². The zero-order chi connectivity index (χ0) is 18.2. The van der Waals surface area contributed by atoms with Gasteiger partial charge in [-0.05, 0) is 24.3 Å². The smallest absolute Gasteiger partial charge is 0.251 e. The van der Waals surface area contributed by atoms with Crippen LogP contribution in [-0.4, -0.2) is 27.4 Å². The van der Waals surface area contributed by atoms with Crippen LogP contribution in [0, 0.1) is 11.6 Å². The molecule has 0 bridgehead atoms. The Bertz CT molecular complexity index is 779. The van der Waals surface area contributed by atoms with Crippen molar-refractivity contribution in [3.63, 3.8) is 0 Å². The summed E-state index contributed by atoms with van der Waals surface area (Å²) in [7, 11) is 0. The summed E-state index contributed by atoms with van der Waals surface area (Å²) < 4.78 is 27.0. The van der Waals surface area contributed by atoms with Gasteiger partial charge >= 0.3 is 0 Å². The largest absolute Gasteiger partial charge is 0.320 e. The van der Waals surface area contributed by atoms with Crippen LogP contribution in [0.25, 0.3) is 0 Å². The molecule has 134 valence electrons. The summed E-state index contributed by atoms with van der Waals surface area (Å²) in [5, 5.41) is 2.48. The molecule has 0 radical (unpaired) electrons. The van der Waals surface area contributed by atoms with E-state index in [-0.39, 0.29) is 11.3 Å². The lowest BCUT2D eigenvalue weighted by molar-refractivity contribution is -0.113. The van der Waals surface area contributed by atoms with Crippen LogP contribution in [0.15, 0.2) is 34.2 Å². The predicted molar refractivity (Wildman–Crippen MR) is 97.0 cm³/mol. The molecule has 0 unspecified atom stereocenters. The summed E-state index contributed by atoms with van der Waals surface area (Å²) in [5.74, 6) is -0.851. The highest BCUT2D eigenvalue weighted by Crippen LogP contribution is 2.19. The molecule has 2 rings (SSSR count). The Kier molecular flexibility index (Phi) is 7.45. The minimum Gasteiger partial charge on any atom is -0.320 e. The molecule has 9 heteroatoms. The number of halogens is 2. The van der Waals surface area contributed by atoms with Crippen molar-refractivity contribution >= 4 is 35.1 Å². The monoisotopic (exact) mass is 385 g/mol. The Balaban J connectivity index is 1.96. The standard InChI is InChI=1S/C16H17F2N3O2S2/c1-2-6-24-8-10-7-13(22)21-16(19-10)25-9-14(23)20-15-11(17)4-3-5-12(15)18/h3-5,7H,2,6,8-9H2,1H3,(H,20,23)(H,19,21,22). The predicted octanol–water partition coefficient (Wildman–Crippen LogP) is 3.42. The van der Waals surface area contributed by atoms with Crippen molar-refractivity contribution in [2.45, 2.75) is 24.3 Å². The Morgan fingerprint density at radius 1 is 1.32 bits per heavy atom. The van der Waals surface area contributed by atoms with Gasteiger partial charge in [0, 0.05) is 11.8 Å². The minimum atomic E-state index is -0.847. The van der Waals surface area contributed by atoms with Crippen molar-refractivity contribution in [2.75, 3.05) is 16.8 Å². The van der Waals surface area contributed by atoms with Crippen molar-refractivity contribution in [1.82, 2.24) is 9.97 Å². The molecule has 0 aliphatic carbocycles. The van der Waals surface area contributed by atoms with E-state index in [2.05, 4.69) is 22.2 Å². The van der Waals surface area contributed by atoms with E-state index in [1.165, 1.54) is 12.1 Å². The number of hydrogen-bond donors (Lipinski definition) is 2. The number of thioether (sulfide) groups is 2. The molecule has 1 aromatic heterocycles. The molecule has 0 aliphatic heterocycles. The van der Waals surface area contributed by atoms with E-state index in [1.54, 1.807) is 11.8 Å². The number of H-pyrrole nitrogens is 1. The second-order valence-corrected chi connectivity index (χ2v) is 7.10. The maximum atomic E-state index is 13.5. The lowest BCUT2D eigenvalue weighted by atomic mass is 10.3. The van der Waals surface area contributed by atoms with E-state index in [0.717, 1.165) is 36.1 Å².